The van der Waals surface area contributed by atoms with Gasteiger partial charge in [0.1, 0.15) is 0 Å². The molecule has 0 bridgehead atoms. The smallest absolute Gasteiger partial charge is 0.339 e. The number of rotatable bonds is 5. The van der Waals surface area contributed by atoms with Gasteiger partial charge in [-0.2, -0.15) is 0 Å². The Hall–Kier alpha value is -3.79. The third kappa shape index (κ3) is 5.40. The van der Waals surface area contributed by atoms with Gasteiger partial charge in [0.05, 0.1) is 36.4 Å². The normalized spacial score (nSPS) is 14.9. The molecule has 0 atom stereocenters. The number of esters is 1. The second-order valence-electron chi connectivity index (χ2n) is 7.82. The number of carbonyl (C=O) groups excluding carboxylic acids is 2. The molecule has 2 aromatic heterocycles. The molecule has 1 aliphatic heterocycles. The molecule has 3 aromatic rings. The van der Waals surface area contributed by atoms with E-state index in [-0.39, 0.29) is 37.2 Å². The van der Waals surface area contributed by atoms with Crippen molar-refractivity contribution in [3.8, 4) is 11.1 Å². The maximum absolute atomic E-state index is 13.4. The van der Waals surface area contributed by atoms with Gasteiger partial charge in [0.15, 0.2) is 9.84 Å². The van der Waals surface area contributed by atoms with Crippen molar-refractivity contribution in [3.05, 3.63) is 78.4 Å². The van der Waals surface area contributed by atoms with Crippen molar-refractivity contribution in [2.24, 2.45) is 0 Å². The number of amides is 2. The first kappa shape index (κ1) is 23.4. The maximum atomic E-state index is 13.4. The highest BCUT2D eigenvalue weighted by Gasteiger charge is 2.29. The van der Waals surface area contributed by atoms with E-state index in [2.05, 4.69) is 9.97 Å². The number of sulfone groups is 1. The summed E-state index contributed by atoms with van der Waals surface area (Å²) < 4.78 is 28.4. The molecular weight excluding hydrogens is 456 g/mol. The third-order valence-corrected chi connectivity index (χ3v) is 7.21. The summed E-state index contributed by atoms with van der Waals surface area (Å²) in [5, 5.41) is 0. The number of hydrogen-bond acceptors (Lipinski definition) is 7. The number of hydrogen-bond donors (Lipinski definition) is 0. The molecule has 0 N–H and O–H groups in total. The molecule has 0 saturated carbocycles. The number of aromatic nitrogens is 2. The van der Waals surface area contributed by atoms with Crippen molar-refractivity contribution in [3.63, 3.8) is 0 Å². The second kappa shape index (κ2) is 10.0. The van der Waals surface area contributed by atoms with Crippen LogP contribution >= 0.6 is 0 Å². The summed E-state index contributed by atoms with van der Waals surface area (Å²) in [5.74, 6) is -0.604. The van der Waals surface area contributed by atoms with Crippen LogP contribution in [0.5, 0.6) is 0 Å². The number of anilines is 1. The molecule has 34 heavy (non-hydrogen) atoms. The number of ether oxygens (including phenoxy) is 1. The van der Waals surface area contributed by atoms with Crippen LogP contribution in [0.2, 0.25) is 0 Å². The summed E-state index contributed by atoms with van der Waals surface area (Å²) in [4.78, 5) is 36.6. The Bertz CT molecular complexity index is 1250. The Balaban J connectivity index is 1.61. The second-order valence-corrected chi connectivity index (χ2v) is 10.1. The van der Waals surface area contributed by atoms with Crippen LogP contribution in [0.15, 0.2) is 67.1 Å². The standard InChI is InChI=1S/C24H24N4O5S/c1-33-23(29)20-2-5-21(26-16-20)17-28(24(30)27-12-14-34(31,32)15-13-27)22-6-3-18(4-7-22)19-8-10-25-11-9-19/h2-11,16H,12-15,17H2,1H3. The fourth-order valence-electron chi connectivity index (χ4n) is 3.64. The fourth-order valence-corrected chi connectivity index (χ4v) is 4.84. The lowest BCUT2D eigenvalue weighted by atomic mass is 10.1. The van der Waals surface area contributed by atoms with Gasteiger partial charge in [-0.25, -0.2) is 18.0 Å². The number of methoxy groups -OCH3 is 1. The Labute approximate surface area is 197 Å². The van der Waals surface area contributed by atoms with E-state index in [1.807, 2.05) is 36.4 Å². The lowest BCUT2D eigenvalue weighted by molar-refractivity contribution is 0.0600. The van der Waals surface area contributed by atoms with Crippen molar-refractivity contribution < 1.29 is 22.7 Å². The molecule has 1 aliphatic rings. The molecule has 0 radical (unpaired) electrons. The zero-order valence-corrected chi connectivity index (χ0v) is 19.4. The van der Waals surface area contributed by atoms with Gasteiger partial charge in [-0.15, -0.1) is 0 Å². The Morgan fingerprint density at radius 3 is 2.21 bits per heavy atom. The summed E-state index contributed by atoms with van der Waals surface area (Å²) in [5.41, 5.74) is 3.51. The van der Waals surface area contributed by atoms with Crippen molar-refractivity contribution in [1.82, 2.24) is 14.9 Å². The lowest BCUT2D eigenvalue weighted by Gasteiger charge is -2.33. The van der Waals surface area contributed by atoms with E-state index in [0.29, 0.717) is 16.9 Å². The number of pyridine rings is 2. The van der Waals surface area contributed by atoms with Gasteiger partial charge in [0.25, 0.3) is 0 Å². The summed E-state index contributed by atoms with van der Waals surface area (Å²) in [7, 11) is -1.83. The largest absolute Gasteiger partial charge is 0.465 e. The zero-order chi connectivity index (χ0) is 24.1. The first-order valence-electron chi connectivity index (χ1n) is 10.7. The van der Waals surface area contributed by atoms with E-state index in [0.717, 1.165) is 11.1 Å². The van der Waals surface area contributed by atoms with Gasteiger partial charge in [0, 0.05) is 37.4 Å². The van der Waals surface area contributed by atoms with Gasteiger partial charge in [0.2, 0.25) is 0 Å². The molecule has 176 valence electrons. The molecule has 2 amide bonds. The van der Waals surface area contributed by atoms with Crippen LogP contribution in [0, 0.1) is 0 Å². The van der Waals surface area contributed by atoms with Crippen LogP contribution in [-0.4, -0.2) is 67.0 Å². The molecule has 9 nitrogen and oxygen atoms in total. The Morgan fingerprint density at radius 1 is 0.971 bits per heavy atom. The minimum Gasteiger partial charge on any atom is -0.465 e. The van der Waals surface area contributed by atoms with Gasteiger partial charge in [-0.3, -0.25) is 14.9 Å². The Morgan fingerprint density at radius 2 is 1.62 bits per heavy atom. The Kier molecular flexibility index (Phi) is 6.87. The van der Waals surface area contributed by atoms with Gasteiger partial charge in [-0.05, 0) is 47.5 Å². The number of urea groups is 1. The third-order valence-electron chi connectivity index (χ3n) is 5.60. The van der Waals surface area contributed by atoms with Crippen molar-refractivity contribution in [2.75, 3.05) is 36.6 Å². The average Bonchev–Trinajstić information content (AvgIpc) is 2.87. The summed E-state index contributed by atoms with van der Waals surface area (Å²) in [6.07, 6.45) is 4.84. The van der Waals surface area contributed by atoms with Crippen LogP contribution in [0.3, 0.4) is 0 Å². The van der Waals surface area contributed by atoms with E-state index in [1.54, 1.807) is 34.3 Å². The van der Waals surface area contributed by atoms with Crippen LogP contribution in [0.25, 0.3) is 11.1 Å². The molecule has 1 saturated heterocycles. The first-order chi connectivity index (χ1) is 16.4. The molecule has 1 fully saturated rings. The minimum atomic E-state index is -3.12. The van der Waals surface area contributed by atoms with Crippen LogP contribution in [-0.2, 0) is 21.1 Å². The molecule has 0 aliphatic carbocycles. The maximum Gasteiger partial charge on any atom is 0.339 e. The molecule has 0 unspecified atom stereocenters. The summed E-state index contributed by atoms with van der Waals surface area (Å²) in [6, 6.07) is 14.3. The van der Waals surface area contributed by atoms with E-state index in [9.17, 15) is 18.0 Å². The monoisotopic (exact) mass is 480 g/mol. The highest BCUT2D eigenvalue weighted by Crippen LogP contribution is 2.25. The number of benzene rings is 1. The highest BCUT2D eigenvalue weighted by molar-refractivity contribution is 7.91. The average molecular weight is 481 g/mol. The number of nitrogens with zero attached hydrogens (tertiary/aromatic N) is 4. The molecule has 3 heterocycles. The quantitative estimate of drug-likeness (QED) is 0.517. The molecule has 1 aromatic carbocycles. The first-order valence-corrected chi connectivity index (χ1v) is 12.5. The summed E-state index contributed by atoms with van der Waals surface area (Å²) >= 11 is 0. The van der Waals surface area contributed by atoms with E-state index < -0.39 is 15.8 Å². The topological polar surface area (TPSA) is 110 Å². The predicted octanol–water partition coefficient (Wildman–Crippen LogP) is 2.79. The molecule has 0 spiro atoms. The molecule has 10 heteroatoms. The van der Waals surface area contributed by atoms with Crippen LogP contribution < -0.4 is 4.90 Å². The highest BCUT2D eigenvalue weighted by atomic mass is 32.2. The van der Waals surface area contributed by atoms with Crippen molar-refractivity contribution in [1.29, 1.82) is 0 Å². The molecular formula is C24H24N4O5S. The zero-order valence-electron chi connectivity index (χ0n) is 18.6. The van der Waals surface area contributed by atoms with Crippen LogP contribution in [0.4, 0.5) is 10.5 Å². The van der Waals surface area contributed by atoms with Gasteiger partial charge in [-0.1, -0.05) is 12.1 Å². The molecule has 4 rings (SSSR count). The fraction of sp³-hybridized carbons (Fsp3) is 0.250. The van der Waals surface area contributed by atoms with Crippen molar-refractivity contribution >= 4 is 27.5 Å². The van der Waals surface area contributed by atoms with E-state index >= 15 is 0 Å². The number of carbonyl (C=O) groups is 2. The lowest BCUT2D eigenvalue weighted by Crippen LogP contribution is -2.49. The summed E-state index contributed by atoms with van der Waals surface area (Å²) in [6.45, 7) is 0.432. The van der Waals surface area contributed by atoms with Crippen molar-refractivity contribution in [2.45, 2.75) is 6.54 Å². The van der Waals surface area contributed by atoms with E-state index in [1.165, 1.54) is 13.3 Å². The van der Waals surface area contributed by atoms with Gasteiger partial charge >= 0.3 is 12.0 Å². The van der Waals surface area contributed by atoms with Gasteiger partial charge < -0.3 is 9.64 Å². The van der Waals surface area contributed by atoms with Crippen LogP contribution in [0.1, 0.15) is 16.1 Å². The minimum absolute atomic E-state index is 0.0559. The van der Waals surface area contributed by atoms with E-state index in [4.69, 9.17) is 4.74 Å². The SMILES string of the molecule is COC(=O)c1ccc(CN(C(=O)N2CCS(=O)(=O)CC2)c2ccc(-c3ccncc3)cc2)nc1. The predicted molar refractivity (Wildman–Crippen MR) is 127 cm³/mol.